The second-order valence-corrected chi connectivity index (χ2v) is 8.48. The van der Waals surface area contributed by atoms with Crippen molar-refractivity contribution in [2.24, 2.45) is 11.8 Å². The first-order valence-corrected chi connectivity index (χ1v) is 10.6. The van der Waals surface area contributed by atoms with E-state index in [1.165, 1.54) is 0 Å². The van der Waals surface area contributed by atoms with Crippen molar-refractivity contribution in [1.82, 2.24) is 0 Å². The highest BCUT2D eigenvalue weighted by Gasteiger charge is 2.27. The van der Waals surface area contributed by atoms with Gasteiger partial charge in [-0.2, -0.15) is 0 Å². The van der Waals surface area contributed by atoms with Crippen LogP contribution in [-0.2, 0) is 22.3 Å². The number of carbonyl (C=O) groups excluding carboxylic acids is 2. The number of ether oxygens (including phenoxy) is 4. The van der Waals surface area contributed by atoms with Crippen LogP contribution in [0.15, 0.2) is 24.3 Å². The Bertz CT molecular complexity index is 841. The maximum Gasteiger partial charge on any atom is 0.513 e. The molecule has 0 spiro atoms. The Balaban J connectivity index is 2.00. The van der Waals surface area contributed by atoms with Crippen LogP contribution in [0.1, 0.15) is 51.7 Å². The molecular weight excluding hydrogens is 384 g/mol. The summed E-state index contributed by atoms with van der Waals surface area (Å²) in [5.74, 6) is 1.43. The minimum atomic E-state index is -0.716. The van der Waals surface area contributed by atoms with E-state index in [1.807, 2.05) is 52.0 Å². The maximum absolute atomic E-state index is 12.3. The molecule has 6 heteroatoms. The van der Waals surface area contributed by atoms with Crippen LogP contribution in [0.3, 0.4) is 0 Å². The summed E-state index contributed by atoms with van der Waals surface area (Å²) in [5, 5.41) is 1.43. The van der Waals surface area contributed by atoms with Crippen molar-refractivity contribution in [3.63, 3.8) is 0 Å². The van der Waals surface area contributed by atoms with Gasteiger partial charge in [0.2, 0.25) is 0 Å². The third-order valence-corrected chi connectivity index (χ3v) is 4.87. The predicted molar refractivity (Wildman–Crippen MR) is 114 cm³/mol. The molecule has 3 rings (SSSR count). The molecule has 162 valence electrons. The fraction of sp³-hybridized carbons (Fsp3) is 0.500. The number of rotatable bonds is 6. The van der Waals surface area contributed by atoms with Crippen LogP contribution in [0.5, 0.6) is 11.5 Å². The Morgan fingerprint density at radius 3 is 1.53 bits per heavy atom. The third kappa shape index (κ3) is 5.23. The lowest BCUT2D eigenvalue weighted by Crippen LogP contribution is -2.19. The molecule has 6 nitrogen and oxygen atoms in total. The van der Waals surface area contributed by atoms with Gasteiger partial charge in [-0.1, -0.05) is 52.0 Å². The summed E-state index contributed by atoms with van der Waals surface area (Å²) in [5.41, 5.74) is 1.79. The molecule has 30 heavy (non-hydrogen) atoms. The molecule has 0 unspecified atom stereocenters. The Morgan fingerprint density at radius 2 is 1.17 bits per heavy atom. The van der Waals surface area contributed by atoms with Crippen LogP contribution in [0.25, 0.3) is 10.8 Å². The zero-order chi connectivity index (χ0) is 21.7. The van der Waals surface area contributed by atoms with Gasteiger partial charge in [-0.15, -0.1) is 0 Å². The van der Waals surface area contributed by atoms with E-state index in [2.05, 4.69) is 0 Å². The SMILES string of the molecule is CC(C)COC(=O)Oc1c2c(c(OC(=O)OCC(C)C)c3ccccc13)CCCC2. The smallest absolute Gasteiger partial charge is 0.434 e. The van der Waals surface area contributed by atoms with Gasteiger partial charge in [-0.25, -0.2) is 9.59 Å². The molecule has 0 N–H and O–H groups in total. The van der Waals surface area contributed by atoms with E-state index in [1.54, 1.807) is 0 Å². The first kappa shape index (κ1) is 21.9. The number of hydrogen-bond acceptors (Lipinski definition) is 6. The van der Waals surface area contributed by atoms with Gasteiger partial charge in [0.25, 0.3) is 0 Å². The van der Waals surface area contributed by atoms with Crippen LogP contribution in [-0.4, -0.2) is 25.5 Å². The number of carbonyl (C=O) groups is 2. The van der Waals surface area contributed by atoms with E-state index in [-0.39, 0.29) is 11.8 Å². The lowest BCUT2D eigenvalue weighted by molar-refractivity contribution is 0.0866. The van der Waals surface area contributed by atoms with Crippen LogP contribution >= 0.6 is 0 Å². The molecule has 0 amide bonds. The minimum Gasteiger partial charge on any atom is -0.434 e. The van der Waals surface area contributed by atoms with E-state index in [0.717, 1.165) is 36.8 Å². The largest absolute Gasteiger partial charge is 0.513 e. The summed E-state index contributed by atoms with van der Waals surface area (Å²) in [6, 6.07) is 7.46. The van der Waals surface area contributed by atoms with E-state index >= 15 is 0 Å². The standard InChI is InChI=1S/C24H30O6/c1-15(2)13-27-23(25)29-21-17-9-5-7-11-19(17)22(20-12-8-6-10-18(20)21)30-24(26)28-14-16(3)4/h5,7,9,11,15-16H,6,8,10,12-14H2,1-4H3. The van der Waals surface area contributed by atoms with Gasteiger partial charge in [0.1, 0.15) is 11.5 Å². The van der Waals surface area contributed by atoms with Crippen LogP contribution < -0.4 is 9.47 Å². The van der Waals surface area contributed by atoms with Crippen molar-refractivity contribution in [3.8, 4) is 11.5 Å². The molecule has 1 aliphatic carbocycles. The molecule has 0 heterocycles. The molecule has 0 radical (unpaired) electrons. The van der Waals surface area contributed by atoms with Gasteiger partial charge < -0.3 is 18.9 Å². The van der Waals surface area contributed by atoms with Crippen LogP contribution in [0.2, 0.25) is 0 Å². The van der Waals surface area contributed by atoms with Gasteiger partial charge in [-0.3, -0.25) is 0 Å². The quantitative estimate of drug-likeness (QED) is 0.422. The molecule has 2 aromatic rings. The van der Waals surface area contributed by atoms with Crippen LogP contribution in [0.4, 0.5) is 9.59 Å². The first-order valence-electron chi connectivity index (χ1n) is 10.6. The van der Waals surface area contributed by atoms with Gasteiger partial charge >= 0.3 is 12.3 Å². The van der Waals surface area contributed by atoms with Crippen molar-refractivity contribution in [1.29, 1.82) is 0 Å². The predicted octanol–water partition coefficient (Wildman–Crippen LogP) is 6.06. The monoisotopic (exact) mass is 414 g/mol. The Morgan fingerprint density at radius 1 is 0.767 bits per heavy atom. The molecule has 0 aromatic heterocycles. The summed E-state index contributed by atoms with van der Waals surface area (Å²) in [6.45, 7) is 8.46. The summed E-state index contributed by atoms with van der Waals surface area (Å²) >= 11 is 0. The molecule has 0 bridgehead atoms. The lowest BCUT2D eigenvalue weighted by Gasteiger charge is -2.24. The summed E-state index contributed by atoms with van der Waals surface area (Å²) < 4.78 is 21.8. The van der Waals surface area contributed by atoms with Crippen molar-refractivity contribution in [3.05, 3.63) is 35.4 Å². The highest BCUT2D eigenvalue weighted by Crippen LogP contribution is 2.44. The van der Waals surface area contributed by atoms with Gasteiger partial charge in [0.15, 0.2) is 0 Å². The Kier molecular flexibility index (Phi) is 7.19. The number of hydrogen-bond donors (Lipinski definition) is 0. The average Bonchev–Trinajstić information content (AvgIpc) is 2.73. The molecular formula is C24H30O6. The Hall–Kier alpha value is -2.76. The van der Waals surface area contributed by atoms with Crippen molar-refractivity contribution in [2.45, 2.75) is 53.4 Å². The highest BCUT2D eigenvalue weighted by atomic mass is 16.7. The van der Waals surface area contributed by atoms with Crippen LogP contribution in [0, 0.1) is 11.8 Å². The van der Waals surface area contributed by atoms with E-state index in [0.29, 0.717) is 35.5 Å². The summed E-state index contributed by atoms with van der Waals surface area (Å²) in [7, 11) is 0. The van der Waals surface area contributed by atoms with Crippen molar-refractivity contribution >= 4 is 23.1 Å². The summed E-state index contributed by atoms with van der Waals surface area (Å²) in [4.78, 5) is 24.6. The van der Waals surface area contributed by atoms with Crippen molar-refractivity contribution in [2.75, 3.05) is 13.2 Å². The number of benzene rings is 2. The zero-order valence-electron chi connectivity index (χ0n) is 18.2. The molecule has 0 saturated heterocycles. The molecule has 1 aliphatic rings. The topological polar surface area (TPSA) is 71.1 Å². The second kappa shape index (κ2) is 9.83. The normalized spacial score (nSPS) is 13.3. The minimum absolute atomic E-state index is 0.218. The molecule has 0 aliphatic heterocycles. The molecule has 0 saturated carbocycles. The maximum atomic E-state index is 12.3. The third-order valence-electron chi connectivity index (χ3n) is 4.87. The molecule has 0 fully saturated rings. The average molecular weight is 414 g/mol. The fourth-order valence-corrected chi connectivity index (χ4v) is 3.54. The molecule has 0 atom stereocenters. The lowest BCUT2D eigenvalue weighted by atomic mass is 9.87. The first-order chi connectivity index (χ1) is 14.4. The fourth-order valence-electron chi connectivity index (χ4n) is 3.54. The number of fused-ring (bicyclic) bond motifs is 2. The second-order valence-electron chi connectivity index (χ2n) is 8.48. The zero-order valence-corrected chi connectivity index (χ0v) is 18.2. The van der Waals surface area contributed by atoms with Crippen molar-refractivity contribution < 1.29 is 28.5 Å². The highest BCUT2D eigenvalue weighted by molar-refractivity contribution is 5.98. The van der Waals surface area contributed by atoms with Gasteiger partial charge in [-0.05, 0) is 37.5 Å². The van der Waals surface area contributed by atoms with E-state index in [9.17, 15) is 9.59 Å². The van der Waals surface area contributed by atoms with E-state index in [4.69, 9.17) is 18.9 Å². The summed E-state index contributed by atoms with van der Waals surface area (Å²) in [6.07, 6.45) is 1.99. The van der Waals surface area contributed by atoms with Gasteiger partial charge in [0, 0.05) is 21.9 Å². The van der Waals surface area contributed by atoms with Gasteiger partial charge in [0.05, 0.1) is 13.2 Å². The van der Waals surface area contributed by atoms with E-state index < -0.39 is 12.3 Å². The molecule has 2 aromatic carbocycles. The Labute approximate surface area is 177 Å².